The van der Waals surface area contributed by atoms with Gasteiger partial charge in [0.2, 0.25) is 35.8 Å². The zero-order chi connectivity index (χ0) is 41.6. The van der Waals surface area contributed by atoms with Gasteiger partial charge in [0.15, 0.2) is 0 Å². The Labute approximate surface area is 408 Å². The first-order valence-corrected chi connectivity index (χ1v) is 29.3. The van der Waals surface area contributed by atoms with Crippen molar-refractivity contribution in [3.63, 3.8) is 0 Å². The molecular formula is C42H18N10S12. The third-order valence-electron chi connectivity index (χ3n) is 10.5. The van der Waals surface area contributed by atoms with Crippen molar-refractivity contribution in [1.82, 2.24) is 4.90 Å². The van der Waals surface area contributed by atoms with E-state index >= 15 is 0 Å². The first-order chi connectivity index (χ1) is 31.6. The molecule has 0 radical (unpaired) electrons. The van der Waals surface area contributed by atoms with E-state index in [-0.39, 0.29) is 0 Å². The van der Waals surface area contributed by atoms with E-state index in [1.54, 1.807) is 141 Å². The Morgan fingerprint density at radius 3 is 0.703 bits per heavy atom. The number of thiophene rings is 12. The summed E-state index contributed by atoms with van der Waals surface area (Å²) >= 11 is 20.8. The molecule has 0 saturated carbocycles. The zero-order valence-electron chi connectivity index (χ0n) is 31.8. The first kappa shape index (κ1) is 37.4. The molecule has 64 heavy (non-hydrogen) atoms. The highest BCUT2D eigenvalue weighted by molar-refractivity contribution is 7.33. The highest BCUT2D eigenvalue weighted by Crippen LogP contribution is 2.48. The molecule has 0 aliphatic carbocycles. The van der Waals surface area contributed by atoms with Gasteiger partial charge in [-0.05, 0) is 105 Å². The molecule has 0 saturated heterocycles. The van der Waals surface area contributed by atoms with Gasteiger partial charge in [-0.2, -0.15) is 30.0 Å². The molecule has 0 fully saturated rings. The summed E-state index contributed by atoms with van der Waals surface area (Å²) in [5.41, 5.74) is 0. The van der Waals surface area contributed by atoms with E-state index in [0.29, 0.717) is 35.8 Å². The standard InChI is InChI=1S/C42H18N10S12/c1-7-53-25-13-31(59-19(1)25)49(32-14-26-20(60-32)2-8-54-26)37-43-40-45-38(50(33-15-27-21(61-33)3-9-55-27)34-16-28-22(62-34)4-10-56-28)47-42-48-39(46-41(44-37)52(40)42)51(35-17-29-23(63-35)5-11-57-29)36-18-30-24(64-36)6-12-58-30/h1-18H. The van der Waals surface area contributed by atoms with E-state index < -0.39 is 0 Å². The van der Waals surface area contributed by atoms with E-state index in [1.165, 1.54) is 56.4 Å². The third kappa shape index (κ3) is 5.88. The van der Waals surface area contributed by atoms with Crippen LogP contribution in [0.25, 0.3) is 56.4 Å². The molecule has 15 rings (SSSR count). The van der Waals surface area contributed by atoms with Crippen LogP contribution < -0.4 is 14.7 Å². The van der Waals surface area contributed by atoms with Gasteiger partial charge >= 0.3 is 0 Å². The summed E-state index contributed by atoms with van der Waals surface area (Å²) in [6.07, 6.45) is 0. The van der Waals surface area contributed by atoms with Gasteiger partial charge in [-0.15, -0.1) is 136 Å². The van der Waals surface area contributed by atoms with E-state index in [0.717, 1.165) is 30.0 Å². The number of hydrogen-bond acceptors (Lipinski definition) is 22. The fourth-order valence-corrected chi connectivity index (χ4v) is 20.5. The Bertz CT molecular complexity index is 3260. The second kappa shape index (κ2) is 14.3. The fraction of sp³-hybridized carbons (Fsp3) is 0. The van der Waals surface area contributed by atoms with Crippen molar-refractivity contribution in [3.8, 4) is 0 Å². The zero-order valence-corrected chi connectivity index (χ0v) is 41.6. The molecular weight excluding hydrogens is 1030 g/mol. The monoisotopic (exact) mass is 1050 g/mol. The molecule has 3 aliphatic heterocycles. The highest BCUT2D eigenvalue weighted by atomic mass is 32.1. The maximum absolute atomic E-state index is 5.36. The molecule has 0 N–H and O–H groups in total. The molecule has 0 unspecified atom stereocenters. The Balaban J connectivity index is 0.973. The lowest BCUT2D eigenvalue weighted by Crippen LogP contribution is -2.51. The Kier molecular flexibility index (Phi) is 8.38. The number of rotatable bonds is 6. The van der Waals surface area contributed by atoms with Crippen LogP contribution >= 0.6 is 136 Å². The number of aliphatic imine (C=N–C) groups is 6. The predicted octanol–water partition coefficient (Wildman–Crippen LogP) is 16.6. The Morgan fingerprint density at radius 2 is 0.500 bits per heavy atom. The summed E-state index contributed by atoms with van der Waals surface area (Å²) in [5, 5.41) is 19.0. The molecule has 3 aliphatic rings. The third-order valence-corrected chi connectivity index (χ3v) is 23.0. The minimum absolute atomic E-state index is 0.398. The average molecular weight is 1050 g/mol. The van der Waals surface area contributed by atoms with Crippen LogP contribution in [0.3, 0.4) is 0 Å². The Hall–Kier alpha value is -4.82. The lowest BCUT2D eigenvalue weighted by Gasteiger charge is -2.34. The number of fused-ring (bicyclic) bond motifs is 6. The molecule has 0 atom stereocenters. The molecule has 0 spiro atoms. The summed E-state index contributed by atoms with van der Waals surface area (Å²) in [7, 11) is 0. The second-order valence-corrected chi connectivity index (χ2v) is 26.3. The van der Waals surface area contributed by atoms with Gasteiger partial charge in [-0.25, -0.2) is 4.90 Å². The topological polar surface area (TPSA) is 87.1 Å². The van der Waals surface area contributed by atoms with E-state index in [4.69, 9.17) is 30.0 Å². The summed E-state index contributed by atoms with van der Waals surface area (Å²) in [4.78, 5) is 40.5. The predicted molar refractivity (Wildman–Crippen MR) is 291 cm³/mol. The number of anilines is 6. The molecule has 0 aromatic carbocycles. The molecule has 12 aromatic heterocycles. The molecule has 22 heteroatoms. The SMILES string of the molecule is c1cc2sc(N(C3=NC4=NC(N(c5cc6sccc6s5)c5cc6sccc6s5)=NC5=NC(N(c6cc7sccc7s6)c6cc7sccc7s6)=NC(=N3)N45)c3cc4sccc4s3)cc2s1. The van der Waals surface area contributed by atoms with Gasteiger partial charge < -0.3 is 0 Å². The lowest BCUT2D eigenvalue weighted by molar-refractivity contribution is 0.822. The van der Waals surface area contributed by atoms with Gasteiger partial charge in [0.05, 0.1) is 0 Å². The quantitative estimate of drug-likeness (QED) is 0.166. The smallest absolute Gasteiger partial charge is 0.246 e. The molecule has 15 heterocycles. The van der Waals surface area contributed by atoms with Gasteiger partial charge in [0.1, 0.15) is 30.0 Å². The largest absolute Gasteiger partial charge is 0.260 e. The number of hydrogen-bond donors (Lipinski definition) is 0. The van der Waals surface area contributed by atoms with Crippen LogP contribution in [0, 0.1) is 0 Å². The minimum Gasteiger partial charge on any atom is -0.260 e. The average Bonchev–Trinajstić information content (AvgIpc) is 4.08. The van der Waals surface area contributed by atoms with Crippen LogP contribution in [-0.4, -0.2) is 40.7 Å². The van der Waals surface area contributed by atoms with Crippen LogP contribution in [0.4, 0.5) is 30.0 Å². The van der Waals surface area contributed by atoms with Crippen molar-refractivity contribution >= 4 is 258 Å². The van der Waals surface area contributed by atoms with Crippen molar-refractivity contribution in [1.29, 1.82) is 0 Å². The van der Waals surface area contributed by atoms with Gasteiger partial charge in [0, 0.05) is 56.4 Å². The fourth-order valence-electron chi connectivity index (χ4n) is 7.65. The van der Waals surface area contributed by atoms with Crippen LogP contribution in [0.1, 0.15) is 0 Å². The molecule has 0 amide bonds. The summed E-state index contributed by atoms with van der Waals surface area (Å²) in [6, 6.07) is 26.5. The molecule has 0 bridgehead atoms. The van der Waals surface area contributed by atoms with Crippen LogP contribution in [0.2, 0.25) is 0 Å². The Morgan fingerprint density at radius 1 is 0.281 bits per heavy atom. The summed E-state index contributed by atoms with van der Waals surface area (Å²) in [6.45, 7) is 0. The normalized spacial score (nSPS) is 15.1. The van der Waals surface area contributed by atoms with Gasteiger partial charge in [0.25, 0.3) is 0 Å². The lowest BCUT2D eigenvalue weighted by atomic mass is 10.4. The summed E-state index contributed by atoms with van der Waals surface area (Å²) < 4.78 is 14.6. The van der Waals surface area contributed by atoms with Crippen LogP contribution in [0.15, 0.2) is 135 Å². The number of nitrogens with zero attached hydrogens (tertiary/aromatic N) is 10. The van der Waals surface area contributed by atoms with Gasteiger partial charge in [-0.3, -0.25) is 14.7 Å². The molecule has 12 aromatic rings. The number of guanidine groups is 6. The van der Waals surface area contributed by atoms with Crippen molar-refractivity contribution < 1.29 is 0 Å². The van der Waals surface area contributed by atoms with Crippen molar-refractivity contribution in [2.45, 2.75) is 0 Å². The van der Waals surface area contributed by atoms with E-state index in [2.05, 4.69) is 120 Å². The minimum atomic E-state index is 0.398. The maximum atomic E-state index is 5.36. The van der Waals surface area contributed by atoms with E-state index in [1.807, 2.05) is 0 Å². The van der Waals surface area contributed by atoms with Crippen LogP contribution in [-0.2, 0) is 0 Å². The summed E-state index contributed by atoms with van der Waals surface area (Å²) in [5.74, 6) is 2.61. The molecule has 10 nitrogen and oxygen atoms in total. The van der Waals surface area contributed by atoms with Crippen LogP contribution in [0.5, 0.6) is 0 Å². The van der Waals surface area contributed by atoms with Gasteiger partial charge in [-0.1, -0.05) is 0 Å². The van der Waals surface area contributed by atoms with Crippen molar-refractivity contribution in [2.24, 2.45) is 30.0 Å². The molecule has 308 valence electrons. The second-order valence-electron chi connectivity index (χ2n) is 14.2. The van der Waals surface area contributed by atoms with E-state index in [9.17, 15) is 0 Å². The highest BCUT2D eigenvalue weighted by Gasteiger charge is 2.40. The first-order valence-electron chi connectivity index (χ1n) is 19.2. The van der Waals surface area contributed by atoms with Crippen molar-refractivity contribution in [2.75, 3.05) is 14.7 Å². The maximum Gasteiger partial charge on any atom is 0.246 e. The van der Waals surface area contributed by atoms with Crippen molar-refractivity contribution in [3.05, 3.63) is 105 Å².